The van der Waals surface area contributed by atoms with Gasteiger partial charge in [-0.3, -0.25) is 0 Å². The Bertz CT molecular complexity index is 1020. The normalized spacial score (nSPS) is 13.5. The van der Waals surface area contributed by atoms with Gasteiger partial charge in [0.05, 0.1) is 0 Å². The van der Waals surface area contributed by atoms with Crippen LogP contribution in [-0.4, -0.2) is 29.3 Å². The van der Waals surface area contributed by atoms with Gasteiger partial charge < -0.3 is 0 Å². The molecule has 0 aromatic heterocycles. The third-order valence-corrected chi connectivity index (χ3v) is 15.1. The summed E-state index contributed by atoms with van der Waals surface area (Å²) < 4.78 is 0. The molecule has 0 aliphatic rings. The zero-order valence-electron chi connectivity index (χ0n) is 21.4. The fourth-order valence-corrected chi connectivity index (χ4v) is 14.2. The van der Waals surface area contributed by atoms with Crippen molar-refractivity contribution in [3.8, 4) is 0 Å². The van der Waals surface area contributed by atoms with Gasteiger partial charge in [-0.2, -0.15) is 0 Å². The zero-order chi connectivity index (χ0) is 23.6. The van der Waals surface area contributed by atoms with Crippen molar-refractivity contribution in [2.75, 3.05) is 6.66 Å². The molecule has 0 aliphatic heterocycles. The van der Waals surface area contributed by atoms with Crippen LogP contribution in [0, 0.1) is 0 Å². The maximum Gasteiger partial charge on any atom is -0.0115 e. The van der Waals surface area contributed by atoms with Crippen molar-refractivity contribution >= 4 is 55.8 Å². The fraction of sp³-hybridized carbons (Fsp3) is 0.448. The van der Waals surface area contributed by atoms with Gasteiger partial charge in [-0.25, -0.2) is 0 Å². The quantitative estimate of drug-likeness (QED) is 0.288. The van der Waals surface area contributed by atoms with Gasteiger partial charge in [0.15, 0.2) is 0 Å². The van der Waals surface area contributed by atoms with Crippen LogP contribution in [0.25, 0.3) is 10.8 Å². The molecule has 1 atom stereocenters. The predicted octanol–water partition coefficient (Wildman–Crippen LogP) is 7.75. The van der Waals surface area contributed by atoms with E-state index in [1.165, 1.54) is 10.8 Å². The standard InChI is InChI=1S/C29H41P3/c1-20(2)31(21(3)4)27-17-13-12-16-26(27)30(9)28-18-24-14-10-11-15-25(24)19-29(28)32(22(5)6)23(7)8/h10-23H,1-9H3. The van der Waals surface area contributed by atoms with Crippen molar-refractivity contribution < 1.29 is 0 Å². The van der Waals surface area contributed by atoms with E-state index in [1.807, 2.05) is 0 Å². The molecule has 0 saturated carbocycles. The molecule has 0 amide bonds. The van der Waals surface area contributed by atoms with Crippen molar-refractivity contribution in [3.05, 3.63) is 60.7 Å². The monoisotopic (exact) mass is 482 g/mol. The number of benzene rings is 3. The average molecular weight is 483 g/mol. The van der Waals surface area contributed by atoms with Crippen LogP contribution in [-0.2, 0) is 0 Å². The van der Waals surface area contributed by atoms with E-state index in [0.29, 0.717) is 22.6 Å². The molecular formula is C29H41P3. The Morgan fingerprint density at radius 3 is 1.31 bits per heavy atom. The van der Waals surface area contributed by atoms with Gasteiger partial charge in [-0.15, -0.1) is 0 Å². The van der Waals surface area contributed by atoms with Gasteiger partial charge in [0.2, 0.25) is 0 Å². The van der Waals surface area contributed by atoms with Crippen molar-refractivity contribution in [1.29, 1.82) is 0 Å². The van der Waals surface area contributed by atoms with Gasteiger partial charge in [0, 0.05) is 0 Å². The zero-order valence-corrected chi connectivity index (χ0v) is 24.1. The van der Waals surface area contributed by atoms with Crippen LogP contribution in [0.2, 0.25) is 0 Å². The predicted molar refractivity (Wildman–Crippen MR) is 156 cm³/mol. The molecule has 0 N–H and O–H groups in total. The smallest absolute Gasteiger partial charge is 0.0115 e. The Balaban J connectivity index is 2.25. The Morgan fingerprint density at radius 2 is 0.844 bits per heavy atom. The van der Waals surface area contributed by atoms with Gasteiger partial charge in [0.1, 0.15) is 0 Å². The largest absolute Gasteiger partial charge is 0.0694 e. The summed E-state index contributed by atoms with van der Waals surface area (Å²) in [7, 11) is -0.816. The summed E-state index contributed by atoms with van der Waals surface area (Å²) in [6.45, 7) is 21.9. The second-order valence-electron chi connectivity index (χ2n) is 9.93. The van der Waals surface area contributed by atoms with E-state index in [-0.39, 0.29) is 15.8 Å². The summed E-state index contributed by atoms with van der Waals surface area (Å²) in [5, 5.41) is 9.28. The van der Waals surface area contributed by atoms with E-state index in [4.69, 9.17) is 0 Å². The van der Waals surface area contributed by atoms with E-state index in [2.05, 4.69) is 123 Å². The van der Waals surface area contributed by atoms with Gasteiger partial charge in [-0.05, 0) is 81.3 Å². The van der Waals surface area contributed by atoms with Crippen LogP contribution in [0.15, 0.2) is 60.7 Å². The minimum absolute atomic E-state index is 0.180. The first kappa shape index (κ1) is 25.8. The summed E-state index contributed by atoms with van der Waals surface area (Å²) in [6, 6.07) is 23.4. The van der Waals surface area contributed by atoms with E-state index in [0.717, 1.165) is 0 Å². The molecule has 0 fully saturated rings. The maximum absolute atomic E-state index is 2.55. The first-order chi connectivity index (χ1) is 15.1. The van der Waals surface area contributed by atoms with Crippen LogP contribution >= 0.6 is 23.8 Å². The summed E-state index contributed by atoms with van der Waals surface area (Å²) in [5.41, 5.74) is 2.78. The topological polar surface area (TPSA) is 0 Å². The number of rotatable bonds is 8. The molecule has 0 nitrogen and oxygen atoms in total. The molecule has 0 spiro atoms. The van der Waals surface area contributed by atoms with Crippen molar-refractivity contribution in [1.82, 2.24) is 0 Å². The summed E-state index contributed by atoms with van der Waals surface area (Å²) >= 11 is 0. The molecule has 32 heavy (non-hydrogen) atoms. The highest BCUT2D eigenvalue weighted by molar-refractivity contribution is 7.78. The SMILES string of the molecule is CC(C)P(c1ccccc1P(C)c1cc2ccccc2cc1P(C(C)C)C(C)C)C(C)C. The van der Waals surface area contributed by atoms with Crippen LogP contribution in [0.4, 0.5) is 0 Å². The average Bonchev–Trinajstić information content (AvgIpc) is 2.72. The van der Waals surface area contributed by atoms with E-state index in [1.54, 1.807) is 21.2 Å². The van der Waals surface area contributed by atoms with E-state index >= 15 is 0 Å². The van der Waals surface area contributed by atoms with E-state index < -0.39 is 7.92 Å². The summed E-state index contributed by atoms with van der Waals surface area (Å²) in [6.07, 6.45) is 0. The highest BCUT2D eigenvalue weighted by Crippen LogP contribution is 2.49. The summed E-state index contributed by atoms with van der Waals surface area (Å²) in [5.74, 6) is 0. The molecule has 3 rings (SSSR count). The molecule has 0 bridgehead atoms. The lowest BCUT2D eigenvalue weighted by atomic mass is 10.1. The molecule has 0 heterocycles. The first-order valence-corrected chi connectivity index (χ1v) is 16.8. The lowest BCUT2D eigenvalue weighted by Crippen LogP contribution is -2.34. The number of hydrogen-bond donors (Lipinski definition) is 0. The molecule has 3 aromatic carbocycles. The van der Waals surface area contributed by atoms with Gasteiger partial charge in [0.25, 0.3) is 0 Å². The third-order valence-electron chi connectivity index (χ3n) is 6.23. The molecule has 0 radical (unpaired) electrons. The van der Waals surface area contributed by atoms with Crippen LogP contribution < -0.4 is 21.2 Å². The molecule has 3 aromatic rings. The second kappa shape index (κ2) is 11.1. The highest BCUT2D eigenvalue weighted by atomic mass is 31.1. The lowest BCUT2D eigenvalue weighted by Gasteiger charge is -2.33. The molecule has 172 valence electrons. The molecular weight excluding hydrogens is 441 g/mol. The minimum atomic E-state index is -0.417. The number of fused-ring (bicyclic) bond motifs is 1. The third kappa shape index (κ3) is 5.47. The Labute approximate surface area is 200 Å². The lowest BCUT2D eigenvalue weighted by molar-refractivity contribution is 1.02. The van der Waals surface area contributed by atoms with Crippen LogP contribution in [0.5, 0.6) is 0 Å². The van der Waals surface area contributed by atoms with E-state index in [9.17, 15) is 0 Å². The highest BCUT2D eigenvalue weighted by Gasteiger charge is 2.28. The second-order valence-corrected chi connectivity index (χ2v) is 18.7. The fourth-order valence-electron chi connectivity index (χ4n) is 5.09. The Kier molecular flexibility index (Phi) is 8.95. The molecule has 0 aliphatic carbocycles. The Morgan fingerprint density at radius 1 is 0.469 bits per heavy atom. The Hall–Kier alpha value is -0.790. The minimum Gasteiger partial charge on any atom is -0.0694 e. The number of hydrogen-bond acceptors (Lipinski definition) is 0. The van der Waals surface area contributed by atoms with Crippen molar-refractivity contribution in [3.63, 3.8) is 0 Å². The molecule has 3 heteroatoms. The van der Waals surface area contributed by atoms with Gasteiger partial charge >= 0.3 is 0 Å². The van der Waals surface area contributed by atoms with Crippen molar-refractivity contribution in [2.24, 2.45) is 0 Å². The molecule has 1 unspecified atom stereocenters. The maximum atomic E-state index is 2.55. The molecule has 0 saturated heterocycles. The van der Waals surface area contributed by atoms with Gasteiger partial charge in [-0.1, -0.05) is 120 Å². The summed E-state index contributed by atoms with van der Waals surface area (Å²) in [4.78, 5) is 0. The van der Waals surface area contributed by atoms with Crippen LogP contribution in [0.3, 0.4) is 0 Å². The first-order valence-electron chi connectivity index (χ1n) is 12.1. The van der Waals surface area contributed by atoms with Crippen LogP contribution in [0.1, 0.15) is 55.4 Å². The van der Waals surface area contributed by atoms with Crippen molar-refractivity contribution in [2.45, 2.75) is 78.0 Å².